The van der Waals surface area contributed by atoms with Gasteiger partial charge in [-0.05, 0) is 23.6 Å². The van der Waals surface area contributed by atoms with Gasteiger partial charge in [0.2, 0.25) is 0 Å². The summed E-state index contributed by atoms with van der Waals surface area (Å²) in [7, 11) is 0. The molecule has 1 aliphatic rings. The smallest absolute Gasteiger partial charge is 0.0357 e. The summed E-state index contributed by atoms with van der Waals surface area (Å²) < 4.78 is 1.32. The molecule has 0 saturated carbocycles. The first-order valence-corrected chi connectivity index (χ1v) is 4.01. The van der Waals surface area contributed by atoms with Crippen molar-refractivity contribution < 1.29 is 0 Å². The van der Waals surface area contributed by atoms with Gasteiger partial charge >= 0.3 is 0 Å². The molecule has 2 rings (SSSR count). The van der Waals surface area contributed by atoms with Gasteiger partial charge in [0.25, 0.3) is 0 Å². The Morgan fingerprint density at radius 2 is 2.40 bits per heavy atom. The van der Waals surface area contributed by atoms with Crippen molar-refractivity contribution in [2.75, 3.05) is 0 Å². The molecule has 2 heterocycles. The molecule has 0 bridgehead atoms. The highest BCUT2D eigenvalue weighted by Gasteiger charge is 1.85. The molecule has 0 atom stereocenters. The zero-order valence-corrected chi connectivity index (χ0v) is 6.19. The van der Waals surface area contributed by atoms with E-state index in [1.165, 1.54) is 9.75 Å². The molecule has 10 heavy (non-hydrogen) atoms. The van der Waals surface area contributed by atoms with Gasteiger partial charge in [-0.2, -0.15) is 0 Å². The van der Waals surface area contributed by atoms with E-state index in [1.54, 1.807) is 11.3 Å². The normalized spacial score (nSPS) is 14.0. The zero-order chi connectivity index (χ0) is 6.81. The lowest BCUT2D eigenvalue weighted by molar-refractivity contribution is 1.28. The van der Waals surface area contributed by atoms with Crippen molar-refractivity contribution >= 4 is 23.6 Å². The third kappa shape index (κ3) is 0.866. The van der Waals surface area contributed by atoms with Gasteiger partial charge in [-0.15, -0.1) is 11.3 Å². The predicted octanol–water partition coefficient (Wildman–Crippen LogP) is 0.384. The molecular weight excluding hydrogens is 142 g/mol. The van der Waals surface area contributed by atoms with Gasteiger partial charge in [-0.25, -0.2) is 0 Å². The molecule has 2 heteroatoms. The van der Waals surface area contributed by atoms with Crippen molar-refractivity contribution in [1.82, 2.24) is 5.32 Å². The predicted molar refractivity (Wildman–Crippen MR) is 44.8 cm³/mol. The number of hydrogen-bond acceptors (Lipinski definition) is 2. The van der Waals surface area contributed by atoms with Crippen molar-refractivity contribution in [3.05, 3.63) is 33.5 Å². The van der Waals surface area contributed by atoms with Crippen LogP contribution in [0.4, 0.5) is 0 Å². The molecule has 1 nitrogen and oxygen atoms in total. The van der Waals surface area contributed by atoms with Gasteiger partial charge in [-0.1, -0.05) is 0 Å². The van der Waals surface area contributed by atoms with Crippen molar-refractivity contribution in [1.29, 1.82) is 0 Å². The lowest BCUT2D eigenvalue weighted by atomic mass is 10.4. The maximum atomic E-state index is 3.06. The Balaban J connectivity index is 2.82. The number of hydrogen-bond donors (Lipinski definition) is 1. The standard InChI is InChI=1S/C8H7NS/c1-2-8-7(3-5-10-8)6-9-4-1/h1-6,9H. The number of fused-ring (bicyclic) bond motifs is 1. The fourth-order valence-electron chi connectivity index (χ4n) is 0.915. The molecule has 0 amide bonds. The van der Waals surface area contributed by atoms with Crippen molar-refractivity contribution in [3.8, 4) is 0 Å². The molecule has 0 saturated heterocycles. The van der Waals surface area contributed by atoms with Crippen LogP contribution in [-0.4, -0.2) is 0 Å². The van der Waals surface area contributed by atoms with E-state index in [1.807, 2.05) is 18.5 Å². The summed E-state index contributed by atoms with van der Waals surface area (Å²) in [4.78, 5) is 0. The van der Waals surface area contributed by atoms with Gasteiger partial charge in [-0.3, -0.25) is 0 Å². The van der Waals surface area contributed by atoms with E-state index >= 15 is 0 Å². The van der Waals surface area contributed by atoms with Crippen LogP contribution in [-0.2, 0) is 0 Å². The Bertz CT molecular complexity index is 359. The second-order valence-corrected chi connectivity index (χ2v) is 3.02. The van der Waals surface area contributed by atoms with E-state index in [4.69, 9.17) is 0 Å². The largest absolute Gasteiger partial charge is 0.367 e. The van der Waals surface area contributed by atoms with Crippen LogP contribution in [0.1, 0.15) is 0 Å². The summed E-state index contributed by atoms with van der Waals surface area (Å²) in [6.07, 6.45) is 8.05. The maximum Gasteiger partial charge on any atom is 0.0357 e. The van der Waals surface area contributed by atoms with E-state index in [9.17, 15) is 0 Å². The Labute approximate surface area is 63.0 Å². The van der Waals surface area contributed by atoms with E-state index < -0.39 is 0 Å². The quantitative estimate of drug-likeness (QED) is 0.562. The average Bonchev–Trinajstić information content (AvgIpc) is 2.28. The molecule has 0 aromatic carbocycles. The zero-order valence-electron chi connectivity index (χ0n) is 5.37. The molecule has 0 spiro atoms. The van der Waals surface area contributed by atoms with Crippen LogP contribution in [0.5, 0.6) is 0 Å². The fourth-order valence-corrected chi connectivity index (χ4v) is 1.70. The Morgan fingerprint density at radius 1 is 1.40 bits per heavy atom. The average molecular weight is 149 g/mol. The number of nitrogens with one attached hydrogen (secondary N) is 1. The fraction of sp³-hybridized carbons (Fsp3) is 0. The highest BCUT2D eigenvalue weighted by atomic mass is 32.1. The van der Waals surface area contributed by atoms with E-state index in [-0.39, 0.29) is 0 Å². The summed E-state index contributed by atoms with van der Waals surface area (Å²) >= 11 is 1.76. The first kappa shape index (κ1) is 5.74. The van der Waals surface area contributed by atoms with E-state index in [0.29, 0.717) is 0 Å². The minimum absolute atomic E-state index is 1.27. The molecule has 0 fully saturated rings. The van der Waals surface area contributed by atoms with Crippen LogP contribution in [0.3, 0.4) is 0 Å². The summed E-state index contributed by atoms with van der Waals surface area (Å²) in [6.45, 7) is 0. The number of thiophene rings is 1. The summed E-state index contributed by atoms with van der Waals surface area (Å²) in [5.41, 5.74) is 0. The van der Waals surface area contributed by atoms with Crippen LogP contribution in [0, 0.1) is 0 Å². The second kappa shape index (κ2) is 2.31. The SMILES string of the molecule is C1=CNC=c2ccsc2=C1. The molecule has 1 aromatic heterocycles. The highest BCUT2D eigenvalue weighted by Crippen LogP contribution is 1.83. The first-order chi connectivity index (χ1) is 4.97. The van der Waals surface area contributed by atoms with Crippen molar-refractivity contribution in [3.63, 3.8) is 0 Å². The summed E-state index contributed by atoms with van der Waals surface area (Å²) in [6, 6.07) is 2.11. The topological polar surface area (TPSA) is 12.0 Å². The van der Waals surface area contributed by atoms with Gasteiger partial charge < -0.3 is 5.32 Å². The molecule has 1 aromatic rings. The maximum absolute atomic E-state index is 3.06. The molecule has 0 radical (unpaired) electrons. The summed E-state index contributed by atoms with van der Waals surface area (Å²) in [5.74, 6) is 0. The van der Waals surface area contributed by atoms with E-state index in [2.05, 4.69) is 22.8 Å². The molecule has 50 valence electrons. The van der Waals surface area contributed by atoms with E-state index in [0.717, 1.165) is 0 Å². The van der Waals surface area contributed by atoms with Crippen LogP contribution in [0.2, 0.25) is 0 Å². The second-order valence-electron chi connectivity index (χ2n) is 2.08. The minimum atomic E-state index is 1.27. The van der Waals surface area contributed by atoms with Crippen LogP contribution in [0.15, 0.2) is 23.7 Å². The van der Waals surface area contributed by atoms with Gasteiger partial charge in [0.15, 0.2) is 0 Å². The summed E-state index contributed by atoms with van der Waals surface area (Å²) in [5, 5.41) is 6.43. The number of rotatable bonds is 0. The third-order valence-corrected chi connectivity index (χ3v) is 2.30. The number of allylic oxidation sites excluding steroid dienone is 1. The molecular formula is C8H7NS. The Morgan fingerprint density at radius 3 is 3.40 bits per heavy atom. The van der Waals surface area contributed by atoms with Crippen LogP contribution < -0.4 is 15.1 Å². The van der Waals surface area contributed by atoms with Crippen LogP contribution in [0.25, 0.3) is 12.3 Å². The third-order valence-electron chi connectivity index (χ3n) is 1.41. The lowest BCUT2D eigenvalue weighted by Gasteiger charge is -1.80. The molecule has 0 aliphatic carbocycles. The van der Waals surface area contributed by atoms with Gasteiger partial charge in [0.1, 0.15) is 0 Å². The van der Waals surface area contributed by atoms with Crippen molar-refractivity contribution in [2.45, 2.75) is 0 Å². The van der Waals surface area contributed by atoms with Gasteiger partial charge in [0.05, 0.1) is 0 Å². The molecule has 0 unspecified atom stereocenters. The molecule has 1 N–H and O–H groups in total. The Hall–Kier alpha value is -1.02. The van der Waals surface area contributed by atoms with Gasteiger partial charge in [0, 0.05) is 22.2 Å². The van der Waals surface area contributed by atoms with Crippen molar-refractivity contribution in [2.24, 2.45) is 0 Å². The Kier molecular flexibility index (Phi) is 1.32. The van der Waals surface area contributed by atoms with Crippen LogP contribution >= 0.6 is 11.3 Å². The minimum Gasteiger partial charge on any atom is -0.367 e. The highest BCUT2D eigenvalue weighted by molar-refractivity contribution is 7.07. The lowest BCUT2D eigenvalue weighted by Crippen LogP contribution is -2.18. The molecule has 1 aliphatic heterocycles. The first-order valence-electron chi connectivity index (χ1n) is 3.13. The monoisotopic (exact) mass is 149 g/mol.